The number of nitrogens with zero attached hydrogens (tertiary/aromatic N) is 3. The Kier molecular flexibility index (Phi) is 5.14. The average Bonchev–Trinajstić information content (AvgIpc) is 2.85. The van der Waals surface area contributed by atoms with Crippen LogP contribution in [-0.2, 0) is 17.4 Å². The van der Waals surface area contributed by atoms with Gasteiger partial charge in [-0.25, -0.2) is 4.68 Å². The number of hydrogen-bond acceptors (Lipinski definition) is 5. The van der Waals surface area contributed by atoms with Gasteiger partial charge in [-0.1, -0.05) is 30.8 Å². The fraction of sp³-hybridized carbons (Fsp3) is 0.308. The summed E-state index contributed by atoms with van der Waals surface area (Å²) in [5.74, 6) is 5.55. The Labute approximate surface area is 134 Å². The second-order valence-electron chi connectivity index (χ2n) is 4.50. The van der Waals surface area contributed by atoms with E-state index in [2.05, 4.69) is 15.5 Å². The maximum absolute atomic E-state index is 12.8. The minimum absolute atomic E-state index is 0.134. The normalized spacial score (nSPS) is 11.5. The van der Waals surface area contributed by atoms with E-state index in [1.165, 1.54) is 22.9 Å². The Morgan fingerprint density at radius 2 is 2.04 bits per heavy atom. The van der Waals surface area contributed by atoms with Crippen LogP contribution in [0.3, 0.4) is 0 Å². The lowest BCUT2D eigenvalue weighted by molar-refractivity contribution is -0.137. The van der Waals surface area contributed by atoms with E-state index in [0.29, 0.717) is 17.4 Å². The smallest absolute Gasteiger partial charge is 0.336 e. The molecule has 3 N–H and O–H groups in total. The minimum atomic E-state index is -4.54. The van der Waals surface area contributed by atoms with Gasteiger partial charge in [0.15, 0.2) is 5.82 Å². The number of carbonyl (C=O) groups is 1. The predicted octanol–water partition coefficient (Wildman–Crippen LogP) is 2.30. The van der Waals surface area contributed by atoms with Crippen LogP contribution < -0.4 is 11.2 Å². The van der Waals surface area contributed by atoms with Crippen molar-refractivity contribution in [2.24, 2.45) is 0 Å². The largest absolute Gasteiger partial charge is 0.418 e. The highest BCUT2D eigenvalue weighted by atomic mass is 32.2. The maximum Gasteiger partial charge on any atom is 0.418 e. The van der Waals surface area contributed by atoms with Crippen LogP contribution >= 0.6 is 11.8 Å². The Morgan fingerprint density at radius 3 is 2.65 bits per heavy atom. The molecule has 0 saturated carbocycles. The van der Waals surface area contributed by atoms with E-state index in [9.17, 15) is 18.0 Å². The van der Waals surface area contributed by atoms with Crippen molar-refractivity contribution < 1.29 is 18.0 Å². The second kappa shape index (κ2) is 6.90. The number of amides is 1. The third kappa shape index (κ3) is 4.15. The zero-order valence-corrected chi connectivity index (χ0v) is 12.9. The molecule has 1 aromatic heterocycles. The quantitative estimate of drug-likeness (QED) is 0.641. The molecule has 0 aliphatic rings. The molecule has 2 rings (SSSR count). The van der Waals surface area contributed by atoms with Crippen molar-refractivity contribution >= 4 is 23.4 Å². The summed E-state index contributed by atoms with van der Waals surface area (Å²) in [5, 5.41) is 10.2. The zero-order chi connectivity index (χ0) is 17.0. The van der Waals surface area contributed by atoms with Crippen LogP contribution in [0.15, 0.2) is 29.4 Å². The molecule has 2 aromatic rings. The number of benzene rings is 1. The summed E-state index contributed by atoms with van der Waals surface area (Å²) in [6.45, 7) is 1.85. The molecular formula is C13H14F3N5OS. The lowest BCUT2D eigenvalue weighted by atomic mass is 10.1. The fourth-order valence-corrected chi connectivity index (χ4v) is 2.48. The van der Waals surface area contributed by atoms with Crippen molar-refractivity contribution in [1.29, 1.82) is 0 Å². The molecule has 124 valence electrons. The number of nitrogen functional groups attached to an aromatic ring is 1. The van der Waals surface area contributed by atoms with Crippen LogP contribution in [0.1, 0.15) is 18.3 Å². The number of para-hydroxylation sites is 1. The molecule has 0 unspecified atom stereocenters. The third-order valence-electron chi connectivity index (χ3n) is 2.89. The van der Waals surface area contributed by atoms with Gasteiger partial charge in [-0.2, -0.15) is 13.2 Å². The van der Waals surface area contributed by atoms with E-state index < -0.39 is 17.6 Å². The van der Waals surface area contributed by atoms with Crippen LogP contribution in [0.4, 0.5) is 18.9 Å². The number of halogens is 3. The molecule has 1 aromatic carbocycles. The van der Waals surface area contributed by atoms with Gasteiger partial charge in [0.05, 0.1) is 17.0 Å². The molecule has 0 fully saturated rings. The van der Waals surface area contributed by atoms with Gasteiger partial charge in [-0.3, -0.25) is 4.79 Å². The first-order chi connectivity index (χ1) is 10.8. The van der Waals surface area contributed by atoms with Crippen molar-refractivity contribution in [3.05, 3.63) is 35.7 Å². The number of anilines is 1. The summed E-state index contributed by atoms with van der Waals surface area (Å²) in [5.41, 5.74) is -1.18. The topological polar surface area (TPSA) is 85.8 Å². The van der Waals surface area contributed by atoms with Crippen molar-refractivity contribution in [3.63, 3.8) is 0 Å². The van der Waals surface area contributed by atoms with E-state index in [0.717, 1.165) is 17.8 Å². The molecule has 10 heteroatoms. The number of rotatable bonds is 5. The Morgan fingerprint density at radius 1 is 1.35 bits per heavy atom. The van der Waals surface area contributed by atoms with Crippen LogP contribution in [0.25, 0.3) is 0 Å². The van der Waals surface area contributed by atoms with Gasteiger partial charge in [0.25, 0.3) is 0 Å². The van der Waals surface area contributed by atoms with Gasteiger partial charge in [0.1, 0.15) is 0 Å². The highest BCUT2D eigenvalue weighted by Crippen LogP contribution is 2.34. The molecule has 0 saturated heterocycles. The standard InChI is InChI=1S/C13H14F3N5OS/c1-2-10-19-20-12(21(10)17)23-7-11(22)18-9-6-4-3-5-8(9)13(14,15)16/h3-6H,2,7,17H2,1H3,(H,18,22). The first-order valence-electron chi connectivity index (χ1n) is 6.61. The van der Waals surface area contributed by atoms with Crippen molar-refractivity contribution in [2.75, 3.05) is 16.9 Å². The summed E-state index contributed by atoms with van der Waals surface area (Å²) in [7, 11) is 0. The lowest BCUT2D eigenvalue weighted by Crippen LogP contribution is -2.19. The lowest BCUT2D eigenvalue weighted by Gasteiger charge is -2.13. The summed E-state index contributed by atoms with van der Waals surface area (Å²) in [6.07, 6.45) is -3.96. The molecule has 0 aliphatic heterocycles. The average molecular weight is 345 g/mol. The van der Waals surface area contributed by atoms with E-state index in [-0.39, 0.29) is 11.4 Å². The molecule has 0 radical (unpaired) electrons. The van der Waals surface area contributed by atoms with Gasteiger partial charge < -0.3 is 11.2 Å². The first kappa shape index (κ1) is 17.1. The molecule has 6 nitrogen and oxygen atoms in total. The molecule has 0 bridgehead atoms. The SMILES string of the molecule is CCc1nnc(SCC(=O)Nc2ccccc2C(F)(F)F)n1N. The summed E-state index contributed by atoms with van der Waals surface area (Å²) in [6, 6.07) is 4.79. The summed E-state index contributed by atoms with van der Waals surface area (Å²) in [4.78, 5) is 11.9. The van der Waals surface area contributed by atoms with Crippen molar-refractivity contribution in [1.82, 2.24) is 14.9 Å². The monoisotopic (exact) mass is 345 g/mol. The highest BCUT2D eigenvalue weighted by molar-refractivity contribution is 7.99. The van der Waals surface area contributed by atoms with Crippen LogP contribution in [0.2, 0.25) is 0 Å². The highest BCUT2D eigenvalue weighted by Gasteiger charge is 2.33. The summed E-state index contributed by atoms with van der Waals surface area (Å²) < 4.78 is 39.8. The van der Waals surface area contributed by atoms with Gasteiger partial charge in [0, 0.05) is 6.42 Å². The first-order valence-corrected chi connectivity index (χ1v) is 7.59. The number of carbonyl (C=O) groups excluding carboxylic acids is 1. The molecule has 1 amide bonds. The van der Waals surface area contributed by atoms with Crippen molar-refractivity contribution in [3.8, 4) is 0 Å². The van der Waals surface area contributed by atoms with Gasteiger partial charge in [-0.15, -0.1) is 10.2 Å². The molecule has 0 spiro atoms. The fourth-order valence-electron chi connectivity index (χ4n) is 1.80. The molecule has 1 heterocycles. The zero-order valence-electron chi connectivity index (χ0n) is 12.1. The third-order valence-corrected chi connectivity index (χ3v) is 3.83. The molecular weight excluding hydrogens is 331 g/mol. The minimum Gasteiger partial charge on any atom is -0.336 e. The number of nitrogens with one attached hydrogen (secondary N) is 1. The Hall–Kier alpha value is -2.23. The van der Waals surface area contributed by atoms with Gasteiger partial charge in [-0.05, 0) is 12.1 Å². The maximum atomic E-state index is 12.8. The molecule has 23 heavy (non-hydrogen) atoms. The molecule has 0 atom stereocenters. The number of hydrogen-bond donors (Lipinski definition) is 2. The van der Waals surface area contributed by atoms with Crippen molar-refractivity contribution in [2.45, 2.75) is 24.7 Å². The van der Waals surface area contributed by atoms with Crippen LogP contribution in [0.5, 0.6) is 0 Å². The van der Waals surface area contributed by atoms with Gasteiger partial charge >= 0.3 is 6.18 Å². The summed E-state index contributed by atoms with van der Waals surface area (Å²) >= 11 is 0.995. The number of aryl methyl sites for hydroxylation is 1. The van der Waals surface area contributed by atoms with Crippen LogP contribution in [-0.4, -0.2) is 26.5 Å². The second-order valence-corrected chi connectivity index (χ2v) is 5.45. The number of nitrogens with two attached hydrogens (primary N) is 1. The molecule has 0 aliphatic carbocycles. The number of thioether (sulfide) groups is 1. The van der Waals surface area contributed by atoms with E-state index in [4.69, 9.17) is 5.84 Å². The Bertz CT molecular complexity index is 701. The number of aromatic nitrogens is 3. The van der Waals surface area contributed by atoms with E-state index in [1.54, 1.807) is 0 Å². The predicted molar refractivity (Wildman–Crippen MR) is 80.3 cm³/mol. The Balaban J connectivity index is 2.02. The van der Waals surface area contributed by atoms with E-state index >= 15 is 0 Å². The van der Waals surface area contributed by atoms with E-state index in [1.807, 2.05) is 6.92 Å². The van der Waals surface area contributed by atoms with Crippen LogP contribution in [0, 0.1) is 0 Å². The van der Waals surface area contributed by atoms with Gasteiger partial charge in [0.2, 0.25) is 11.1 Å². The number of alkyl halides is 3.